The van der Waals surface area contributed by atoms with E-state index in [1.54, 1.807) is 11.6 Å². The molecule has 1 heterocycles. The van der Waals surface area contributed by atoms with Crippen LogP contribution < -0.4 is 0 Å². The molecule has 1 aromatic carbocycles. The summed E-state index contributed by atoms with van der Waals surface area (Å²) in [4.78, 5) is 2.44. The first-order valence-electron chi connectivity index (χ1n) is 7.33. The van der Waals surface area contributed by atoms with E-state index in [0.717, 1.165) is 32.5 Å². The molecule has 0 spiro atoms. The minimum atomic E-state index is 0.160. The van der Waals surface area contributed by atoms with E-state index < -0.39 is 0 Å². The van der Waals surface area contributed by atoms with Gasteiger partial charge in [-0.25, -0.2) is 0 Å². The predicted molar refractivity (Wildman–Crippen MR) is 85.3 cm³/mol. The summed E-state index contributed by atoms with van der Waals surface area (Å²) < 4.78 is 0. The van der Waals surface area contributed by atoms with Gasteiger partial charge in [0.15, 0.2) is 0 Å². The summed E-state index contributed by atoms with van der Waals surface area (Å²) in [7, 11) is 0. The van der Waals surface area contributed by atoms with Crippen LogP contribution in [0.15, 0.2) is 35.9 Å². The van der Waals surface area contributed by atoms with Crippen molar-refractivity contribution in [2.75, 3.05) is 19.6 Å². The maximum atomic E-state index is 9.79. The molecule has 2 rings (SSSR count). The Kier molecular flexibility index (Phi) is 5.11. The first-order chi connectivity index (χ1) is 9.55. The van der Waals surface area contributed by atoms with Crippen LogP contribution in [-0.4, -0.2) is 29.6 Å². The molecular weight excluding hydrogens is 270 g/mol. The average Bonchev–Trinajstić information content (AvgIpc) is 2.80. The van der Waals surface area contributed by atoms with E-state index in [-0.39, 0.29) is 5.41 Å². The molecule has 1 aliphatic rings. The monoisotopic (exact) mass is 293 g/mol. The quantitative estimate of drug-likeness (QED) is 0.882. The van der Waals surface area contributed by atoms with Crippen LogP contribution in [0.25, 0.3) is 0 Å². The summed E-state index contributed by atoms with van der Waals surface area (Å²) in [5.74, 6) is 1.01. The van der Waals surface area contributed by atoms with Crippen LogP contribution in [-0.2, 0) is 5.41 Å². The van der Waals surface area contributed by atoms with Gasteiger partial charge in [-0.1, -0.05) is 43.7 Å². The molecule has 0 unspecified atom stereocenters. The van der Waals surface area contributed by atoms with Gasteiger partial charge in [0.25, 0.3) is 0 Å². The van der Waals surface area contributed by atoms with Crippen molar-refractivity contribution < 1.29 is 5.11 Å². The molecule has 0 aromatic heterocycles. The number of phenols is 1. The topological polar surface area (TPSA) is 23.5 Å². The largest absolute Gasteiger partial charge is 0.508 e. The van der Waals surface area contributed by atoms with E-state index in [1.165, 1.54) is 5.56 Å². The maximum absolute atomic E-state index is 9.79. The van der Waals surface area contributed by atoms with Gasteiger partial charge in [-0.3, -0.25) is 4.90 Å². The number of hydrogen-bond acceptors (Lipinski definition) is 2. The van der Waals surface area contributed by atoms with Crippen LogP contribution in [0.4, 0.5) is 0 Å². The number of likely N-dealkylation sites (tertiary alicyclic amines) is 1. The van der Waals surface area contributed by atoms with E-state index in [1.807, 2.05) is 18.2 Å². The van der Waals surface area contributed by atoms with E-state index in [0.29, 0.717) is 11.7 Å². The van der Waals surface area contributed by atoms with Gasteiger partial charge < -0.3 is 5.11 Å². The molecular formula is C17H24ClNO. The van der Waals surface area contributed by atoms with Crippen molar-refractivity contribution in [1.82, 2.24) is 4.90 Å². The minimum Gasteiger partial charge on any atom is -0.508 e. The third-order valence-corrected chi connectivity index (χ3v) is 4.32. The predicted octanol–water partition coefficient (Wildman–Crippen LogP) is 4.13. The van der Waals surface area contributed by atoms with Crippen molar-refractivity contribution in [3.63, 3.8) is 0 Å². The molecule has 20 heavy (non-hydrogen) atoms. The number of benzene rings is 1. The summed E-state index contributed by atoms with van der Waals surface area (Å²) in [6.07, 6.45) is 4.29. The Bertz CT molecular complexity index is 472. The van der Waals surface area contributed by atoms with Gasteiger partial charge in [0, 0.05) is 24.0 Å². The number of halogens is 1. The zero-order valence-corrected chi connectivity index (χ0v) is 13.1. The summed E-state index contributed by atoms with van der Waals surface area (Å²) >= 11 is 5.63. The molecule has 3 heteroatoms. The van der Waals surface area contributed by atoms with Gasteiger partial charge in [0.1, 0.15) is 5.75 Å². The highest BCUT2D eigenvalue weighted by Crippen LogP contribution is 2.40. The van der Waals surface area contributed by atoms with Crippen molar-refractivity contribution in [2.24, 2.45) is 5.92 Å². The van der Waals surface area contributed by atoms with Gasteiger partial charge in [0.2, 0.25) is 0 Å². The standard InChI is InChI=1S/C17H24ClNO/c1-14(2)12-17(15-5-3-6-16(20)11-15)7-10-19(13-17)9-4-8-18/h3-6,8,11,14,20H,7,9-10,12-13H2,1-2H3/b8-4+/t17-/m1/s1. The highest BCUT2D eigenvalue weighted by molar-refractivity contribution is 6.25. The Labute approximate surface area is 127 Å². The van der Waals surface area contributed by atoms with Crippen molar-refractivity contribution in [3.8, 4) is 5.75 Å². The first kappa shape index (κ1) is 15.4. The second-order valence-corrected chi connectivity index (χ2v) is 6.53. The molecule has 0 bridgehead atoms. The molecule has 2 nitrogen and oxygen atoms in total. The van der Waals surface area contributed by atoms with Crippen LogP contribution >= 0.6 is 11.6 Å². The highest BCUT2D eigenvalue weighted by Gasteiger charge is 2.39. The maximum Gasteiger partial charge on any atom is 0.115 e. The van der Waals surface area contributed by atoms with Crippen LogP contribution in [0.2, 0.25) is 0 Å². The summed E-state index contributed by atoms with van der Waals surface area (Å²) in [6, 6.07) is 7.79. The Morgan fingerprint density at radius 1 is 1.45 bits per heavy atom. The normalized spacial score (nSPS) is 24.0. The van der Waals surface area contributed by atoms with Crippen molar-refractivity contribution in [1.29, 1.82) is 0 Å². The Balaban J connectivity index is 2.24. The molecule has 1 aliphatic heterocycles. The van der Waals surface area contributed by atoms with Crippen LogP contribution in [0.5, 0.6) is 5.75 Å². The van der Waals surface area contributed by atoms with E-state index >= 15 is 0 Å². The molecule has 1 fully saturated rings. The van der Waals surface area contributed by atoms with E-state index in [4.69, 9.17) is 11.6 Å². The molecule has 0 amide bonds. The fourth-order valence-electron chi connectivity index (χ4n) is 3.44. The van der Waals surface area contributed by atoms with Crippen LogP contribution in [0.3, 0.4) is 0 Å². The van der Waals surface area contributed by atoms with Crippen molar-refractivity contribution in [3.05, 3.63) is 41.4 Å². The Morgan fingerprint density at radius 3 is 2.90 bits per heavy atom. The zero-order chi connectivity index (χ0) is 14.6. The van der Waals surface area contributed by atoms with E-state index in [2.05, 4.69) is 24.8 Å². The summed E-state index contributed by atoms with van der Waals surface area (Å²) in [6.45, 7) is 7.57. The van der Waals surface area contributed by atoms with Gasteiger partial charge in [0.05, 0.1) is 0 Å². The minimum absolute atomic E-state index is 0.160. The van der Waals surface area contributed by atoms with Gasteiger partial charge in [-0.2, -0.15) is 0 Å². The number of phenolic OH excluding ortho intramolecular Hbond substituents is 1. The van der Waals surface area contributed by atoms with Gasteiger partial charge >= 0.3 is 0 Å². The highest BCUT2D eigenvalue weighted by atomic mass is 35.5. The van der Waals surface area contributed by atoms with Gasteiger partial charge in [-0.15, -0.1) is 0 Å². The van der Waals surface area contributed by atoms with Gasteiger partial charge in [-0.05, 0) is 43.0 Å². The molecule has 0 radical (unpaired) electrons. The lowest BCUT2D eigenvalue weighted by molar-refractivity contribution is 0.305. The summed E-state index contributed by atoms with van der Waals surface area (Å²) in [5, 5.41) is 9.79. The molecule has 110 valence electrons. The Hall–Kier alpha value is -0.990. The number of aromatic hydroxyl groups is 1. The third kappa shape index (κ3) is 3.56. The number of nitrogens with zero attached hydrogens (tertiary/aromatic N) is 1. The molecule has 0 aliphatic carbocycles. The van der Waals surface area contributed by atoms with Crippen molar-refractivity contribution >= 4 is 11.6 Å². The number of hydrogen-bond donors (Lipinski definition) is 1. The lowest BCUT2D eigenvalue weighted by Gasteiger charge is -2.32. The molecule has 1 aromatic rings. The Morgan fingerprint density at radius 2 is 2.25 bits per heavy atom. The fraction of sp³-hybridized carbons (Fsp3) is 0.529. The van der Waals surface area contributed by atoms with Crippen molar-refractivity contribution in [2.45, 2.75) is 32.1 Å². The number of rotatable bonds is 5. The van der Waals surface area contributed by atoms with E-state index in [9.17, 15) is 5.11 Å². The summed E-state index contributed by atoms with van der Waals surface area (Å²) in [5.41, 5.74) is 3.02. The van der Waals surface area contributed by atoms with Crippen LogP contribution in [0.1, 0.15) is 32.3 Å². The third-order valence-electron chi connectivity index (χ3n) is 4.14. The average molecular weight is 294 g/mol. The zero-order valence-electron chi connectivity index (χ0n) is 12.3. The lowest BCUT2D eigenvalue weighted by atomic mass is 9.73. The lowest BCUT2D eigenvalue weighted by Crippen LogP contribution is -2.32. The second kappa shape index (κ2) is 6.64. The smallest absolute Gasteiger partial charge is 0.115 e. The molecule has 1 saturated heterocycles. The molecule has 1 N–H and O–H groups in total. The first-order valence-corrected chi connectivity index (χ1v) is 7.76. The second-order valence-electron chi connectivity index (χ2n) is 6.28. The van der Waals surface area contributed by atoms with Crippen LogP contribution in [0, 0.1) is 5.92 Å². The SMILES string of the molecule is CC(C)C[C@]1(c2cccc(O)c2)CCN(C/C=C/Cl)C1. The molecule has 1 atom stereocenters. The molecule has 0 saturated carbocycles. The fourth-order valence-corrected chi connectivity index (χ4v) is 3.52.